The number of hydrogen-bond donors (Lipinski definition) is 7. The SMILES string of the molecule is COCCCC1Oc2c(cc(OC)c3cc(O)ccc23)C(OC(CCO)CNCO)C1C1COc2c(Cc3cc(O)ccc3-c3cccc(O)c3)cc(OC3CCCC3)cc2C1O. The maximum absolute atomic E-state index is 12.9. The molecule has 336 valence electrons. The number of ether oxygens (including phenoxy) is 6. The molecule has 1 aliphatic carbocycles. The minimum Gasteiger partial charge on any atom is -0.508 e. The summed E-state index contributed by atoms with van der Waals surface area (Å²) in [5.74, 6) is 1.43. The molecule has 5 aromatic rings. The average molecular weight is 866 g/mol. The highest BCUT2D eigenvalue weighted by Gasteiger charge is 2.50. The number of aliphatic hydroxyl groups excluding tert-OH is 3. The van der Waals surface area contributed by atoms with E-state index in [0.29, 0.717) is 65.4 Å². The van der Waals surface area contributed by atoms with Crippen LogP contribution >= 0.6 is 0 Å². The number of fused-ring (bicyclic) bond motifs is 4. The molecule has 0 aromatic heterocycles. The molecule has 0 radical (unpaired) electrons. The molecule has 0 saturated heterocycles. The Morgan fingerprint density at radius 3 is 2.38 bits per heavy atom. The zero-order chi connectivity index (χ0) is 44.0. The minimum atomic E-state index is -1.08. The predicted octanol–water partition coefficient (Wildman–Crippen LogP) is 7.44. The molecule has 0 spiro atoms. The summed E-state index contributed by atoms with van der Waals surface area (Å²) < 4.78 is 39.1. The fourth-order valence-corrected chi connectivity index (χ4v) is 9.84. The van der Waals surface area contributed by atoms with E-state index >= 15 is 0 Å². The van der Waals surface area contributed by atoms with Crippen LogP contribution in [0.25, 0.3) is 21.9 Å². The maximum atomic E-state index is 12.9. The Morgan fingerprint density at radius 2 is 1.62 bits per heavy atom. The molecule has 1 fully saturated rings. The highest BCUT2D eigenvalue weighted by atomic mass is 16.5. The summed E-state index contributed by atoms with van der Waals surface area (Å²) in [4.78, 5) is 0. The van der Waals surface area contributed by atoms with Crippen molar-refractivity contribution < 1.29 is 59.1 Å². The summed E-state index contributed by atoms with van der Waals surface area (Å²) in [6, 6.07) is 23.0. The van der Waals surface area contributed by atoms with E-state index in [-0.39, 0.29) is 56.3 Å². The second-order valence-electron chi connectivity index (χ2n) is 16.9. The fourth-order valence-electron chi connectivity index (χ4n) is 9.84. The van der Waals surface area contributed by atoms with Gasteiger partial charge in [-0.15, -0.1) is 0 Å². The summed E-state index contributed by atoms with van der Waals surface area (Å²) in [7, 11) is 3.22. The van der Waals surface area contributed by atoms with E-state index in [0.717, 1.165) is 53.3 Å². The normalized spacial score (nSPS) is 21.3. The van der Waals surface area contributed by atoms with Crippen molar-refractivity contribution in [2.24, 2.45) is 11.8 Å². The topological polar surface area (TPSA) is 189 Å². The molecule has 13 heteroatoms. The lowest BCUT2D eigenvalue weighted by Crippen LogP contribution is -2.48. The Kier molecular flexibility index (Phi) is 14.1. The van der Waals surface area contributed by atoms with E-state index in [4.69, 9.17) is 28.4 Å². The first-order valence-corrected chi connectivity index (χ1v) is 22.0. The lowest BCUT2D eigenvalue weighted by molar-refractivity contribution is -0.135. The van der Waals surface area contributed by atoms with Gasteiger partial charge < -0.3 is 59.1 Å². The molecular formula is C50H59NO12. The molecule has 8 rings (SSSR count). The first kappa shape index (κ1) is 44.3. The second kappa shape index (κ2) is 20.0. The summed E-state index contributed by atoms with van der Waals surface area (Å²) in [5, 5.41) is 68.8. The van der Waals surface area contributed by atoms with Crippen LogP contribution in [0.2, 0.25) is 0 Å². The van der Waals surface area contributed by atoms with Crippen molar-refractivity contribution in [3.05, 3.63) is 101 Å². The van der Waals surface area contributed by atoms with Crippen molar-refractivity contribution in [2.75, 3.05) is 47.3 Å². The fraction of sp³-hybridized carbons (Fsp3) is 0.440. The van der Waals surface area contributed by atoms with Gasteiger partial charge in [0.15, 0.2) is 0 Å². The third-order valence-corrected chi connectivity index (χ3v) is 12.8. The zero-order valence-corrected chi connectivity index (χ0v) is 35.9. The number of phenolic OH excluding ortho intramolecular Hbond substituents is 3. The summed E-state index contributed by atoms with van der Waals surface area (Å²) >= 11 is 0. The molecular weight excluding hydrogens is 807 g/mol. The maximum Gasteiger partial charge on any atom is 0.133 e. The average Bonchev–Trinajstić information content (AvgIpc) is 3.79. The first-order valence-electron chi connectivity index (χ1n) is 22.0. The van der Waals surface area contributed by atoms with Crippen LogP contribution in [0.1, 0.15) is 79.4 Å². The number of benzene rings is 5. The third kappa shape index (κ3) is 9.64. The summed E-state index contributed by atoms with van der Waals surface area (Å²) in [6.45, 7) is 0.398. The smallest absolute Gasteiger partial charge is 0.133 e. The van der Waals surface area contributed by atoms with Crippen molar-refractivity contribution in [3.63, 3.8) is 0 Å². The van der Waals surface area contributed by atoms with E-state index in [1.165, 1.54) is 0 Å². The van der Waals surface area contributed by atoms with Gasteiger partial charge in [0.2, 0.25) is 0 Å². The van der Waals surface area contributed by atoms with E-state index in [9.17, 15) is 30.6 Å². The van der Waals surface area contributed by atoms with Gasteiger partial charge in [-0.05, 0) is 122 Å². The molecule has 7 N–H and O–H groups in total. The minimum absolute atomic E-state index is 0.0332. The number of phenols is 3. The van der Waals surface area contributed by atoms with Crippen LogP contribution in [0.3, 0.4) is 0 Å². The van der Waals surface area contributed by atoms with Crippen molar-refractivity contribution in [3.8, 4) is 51.4 Å². The third-order valence-electron chi connectivity index (χ3n) is 12.8. The van der Waals surface area contributed by atoms with Gasteiger partial charge >= 0.3 is 0 Å². The Labute approximate surface area is 367 Å². The van der Waals surface area contributed by atoms with E-state index in [2.05, 4.69) is 5.32 Å². The van der Waals surface area contributed by atoms with Crippen LogP contribution in [0.5, 0.6) is 40.2 Å². The van der Waals surface area contributed by atoms with Crippen molar-refractivity contribution in [1.29, 1.82) is 0 Å². The molecule has 6 unspecified atom stereocenters. The Balaban J connectivity index is 1.25. The van der Waals surface area contributed by atoms with E-state index in [1.54, 1.807) is 62.8 Å². The summed E-state index contributed by atoms with van der Waals surface area (Å²) in [5.41, 5.74) is 4.44. The van der Waals surface area contributed by atoms with Gasteiger partial charge in [-0.3, -0.25) is 5.32 Å². The van der Waals surface area contributed by atoms with Gasteiger partial charge in [-0.25, -0.2) is 0 Å². The van der Waals surface area contributed by atoms with Gasteiger partial charge in [-0.2, -0.15) is 0 Å². The first-order chi connectivity index (χ1) is 30.7. The van der Waals surface area contributed by atoms with Crippen molar-refractivity contribution >= 4 is 10.8 Å². The molecule has 2 heterocycles. The molecule has 0 bridgehead atoms. The molecule has 2 aliphatic heterocycles. The Morgan fingerprint density at radius 1 is 0.825 bits per heavy atom. The zero-order valence-electron chi connectivity index (χ0n) is 35.9. The number of hydrogen-bond acceptors (Lipinski definition) is 13. The van der Waals surface area contributed by atoms with Gasteiger partial charge in [0.1, 0.15) is 46.4 Å². The van der Waals surface area contributed by atoms with Gasteiger partial charge in [0, 0.05) is 72.6 Å². The van der Waals surface area contributed by atoms with E-state index < -0.39 is 36.3 Å². The number of aromatic hydroxyl groups is 3. The lowest BCUT2D eigenvalue weighted by Gasteiger charge is -2.47. The van der Waals surface area contributed by atoms with Crippen LogP contribution in [0.4, 0.5) is 0 Å². The predicted molar refractivity (Wildman–Crippen MR) is 237 cm³/mol. The lowest BCUT2D eigenvalue weighted by atomic mass is 9.72. The van der Waals surface area contributed by atoms with Crippen LogP contribution < -0.4 is 24.3 Å². The van der Waals surface area contributed by atoms with Crippen LogP contribution in [0.15, 0.2) is 78.9 Å². The largest absolute Gasteiger partial charge is 0.508 e. The Hall–Kier alpha value is -5.28. The quantitative estimate of drug-likeness (QED) is 0.0341. The number of rotatable bonds is 18. The number of aliphatic hydroxyl groups is 3. The molecule has 0 amide bonds. The number of nitrogens with one attached hydrogen (secondary N) is 1. The second-order valence-corrected chi connectivity index (χ2v) is 16.9. The standard InChI is InChI=1S/C50H59NO12/c1-58-18-6-11-44-46(50(62-36(16-17-52)26-51-28-53)42-25-45(59-2)40-23-34(56)13-15-39(40)49(42)63-44)43-27-60-48-31(22-37(24-41(48)47(43)57)61-35-9-3-4-10-35)19-30-21-33(55)12-14-38(30)29-7-5-8-32(54)20-29/h5,7-8,12-15,20-25,35-36,43-44,46-47,50-57H,3-4,6,9-11,16-19,26-28H2,1-2H3. The molecule has 13 nitrogen and oxygen atoms in total. The van der Waals surface area contributed by atoms with E-state index in [1.807, 2.05) is 30.3 Å². The van der Waals surface area contributed by atoms with Crippen molar-refractivity contribution in [1.82, 2.24) is 5.32 Å². The molecule has 3 aliphatic rings. The van der Waals surface area contributed by atoms with Crippen LogP contribution in [-0.2, 0) is 15.9 Å². The van der Waals surface area contributed by atoms with Gasteiger partial charge in [0.25, 0.3) is 0 Å². The van der Waals surface area contributed by atoms with Gasteiger partial charge in [0.05, 0.1) is 44.9 Å². The molecule has 6 atom stereocenters. The monoisotopic (exact) mass is 865 g/mol. The van der Waals surface area contributed by atoms with Crippen molar-refractivity contribution in [2.45, 2.75) is 81.9 Å². The highest BCUT2D eigenvalue weighted by molar-refractivity contribution is 5.96. The highest BCUT2D eigenvalue weighted by Crippen LogP contribution is 2.55. The Bertz CT molecular complexity index is 2350. The van der Waals surface area contributed by atoms with Gasteiger partial charge in [-0.1, -0.05) is 18.2 Å². The van der Waals surface area contributed by atoms with Crippen LogP contribution in [0, 0.1) is 11.8 Å². The molecule has 5 aromatic carbocycles. The van der Waals surface area contributed by atoms with Crippen LogP contribution in [-0.4, -0.2) is 96.3 Å². The summed E-state index contributed by atoms with van der Waals surface area (Å²) in [6.07, 6.45) is 3.00. The number of methoxy groups -OCH3 is 2. The molecule has 1 saturated carbocycles. The molecule has 63 heavy (non-hydrogen) atoms.